The van der Waals surface area contributed by atoms with Crippen molar-refractivity contribution in [3.05, 3.63) is 52.4 Å². The topological polar surface area (TPSA) is 36.7 Å². The Labute approximate surface area is 235 Å². The summed E-state index contributed by atoms with van der Waals surface area (Å²) in [6.45, 7) is 3.66. The summed E-state index contributed by atoms with van der Waals surface area (Å²) < 4.78 is 20.9. The number of unbranched alkanes of at least 4 members (excludes halogenated alkanes) is 2. The van der Waals surface area contributed by atoms with Gasteiger partial charge in [-0.25, -0.2) is 4.39 Å². The third kappa shape index (κ3) is 5.66. The van der Waals surface area contributed by atoms with Crippen LogP contribution >= 0.6 is 24.0 Å². The molecule has 3 heterocycles. The minimum absolute atomic E-state index is 0.0220. The monoisotopic (exact) mass is 552 g/mol. The fourth-order valence-electron chi connectivity index (χ4n) is 6.97. The average Bonchev–Trinajstić information content (AvgIpc) is 3.69. The summed E-state index contributed by atoms with van der Waals surface area (Å²) in [4.78, 5) is 18.6. The van der Waals surface area contributed by atoms with Crippen LogP contribution in [0.5, 0.6) is 0 Å². The van der Waals surface area contributed by atoms with Gasteiger partial charge in [-0.05, 0) is 107 Å². The predicted molar refractivity (Wildman–Crippen MR) is 156 cm³/mol. The van der Waals surface area contributed by atoms with Gasteiger partial charge >= 0.3 is 0 Å². The molecular formula is C31H37FN2O2S2. The number of likely N-dealkylation sites (tertiary alicyclic amines) is 1. The highest BCUT2D eigenvalue weighted by atomic mass is 32.2. The zero-order valence-electron chi connectivity index (χ0n) is 22.0. The molecule has 1 amide bonds. The molecule has 2 saturated carbocycles. The van der Waals surface area contributed by atoms with Crippen LogP contribution in [0.3, 0.4) is 0 Å². The summed E-state index contributed by atoms with van der Waals surface area (Å²) in [6, 6.07) is 8.79. The predicted octanol–water partition coefficient (Wildman–Crippen LogP) is 7.67. The minimum atomic E-state index is -0.286. The van der Waals surface area contributed by atoms with Crippen LogP contribution in [0.1, 0.15) is 75.5 Å². The maximum absolute atomic E-state index is 14.0. The van der Waals surface area contributed by atoms with Gasteiger partial charge in [0.25, 0.3) is 5.91 Å². The lowest BCUT2D eigenvalue weighted by molar-refractivity contribution is -0.124. The summed E-state index contributed by atoms with van der Waals surface area (Å²) in [5.74, 6) is 2.42. The number of thiocarbonyl (C=S) groups is 1. The number of carbonyl (C=O) groups is 1. The molecule has 2 aliphatic heterocycles. The number of hydrogen-bond acceptors (Lipinski definition) is 5. The number of hydrogen-bond donors (Lipinski definition) is 0. The summed E-state index contributed by atoms with van der Waals surface area (Å²) in [7, 11) is 0. The molecule has 3 atom stereocenters. The molecule has 0 spiro atoms. The quantitative estimate of drug-likeness (QED) is 0.181. The van der Waals surface area contributed by atoms with Gasteiger partial charge < -0.3 is 9.32 Å². The van der Waals surface area contributed by atoms with E-state index in [0.29, 0.717) is 32.2 Å². The number of benzene rings is 1. The summed E-state index contributed by atoms with van der Waals surface area (Å²) in [5, 5.41) is 0. The van der Waals surface area contributed by atoms with E-state index in [-0.39, 0.29) is 17.8 Å². The highest BCUT2D eigenvalue weighted by molar-refractivity contribution is 8.26. The molecular weight excluding hydrogens is 515 g/mol. The van der Waals surface area contributed by atoms with Crippen LogP contribution < -0.4 is 0 Å². The molecule has 1 aromatic carbocycles. The molecule has 6 rings (SSSR count). The molecule has 4 aliphatic rings. The van der Waals surface area contributed by atoms with Crippen LogP contribution in [0, 0.1) is 17.7 Å². The minimum Gasteiger partial charge on any atom is -0.456 e. The number of furan rings is 1. The van der Waals surface area contributed by atoms with Crippen molar-refractivity contribution >= 4 is 40.3 Å². The van der Waals surface area contributed by atoms with Gasteiger partial charge in [-0.3, -0.25) is 9.69 Å². The summed E-state index contributed by atoms with van der Waals surface area (Å²) in [5.41, 5.74) is 1.79. The van der Waals surface area contributed by atoms with Crippen molar-refractivity contribution in [1.82, 2.24) is 9.80 Å². The molecule has 2 bridgehead atoms. The van der Waals surface area contributed by atoms with E-state index >= 15 is 0 Å². The number of aryl methyl sites for hydroxylation is 1. The Morgan fingerprint density at radius 3 is 2.71 bits per heavy atom. The number of piperidine rings is 1. The van der Waals surface area contributed by atoms with Crippen molar-refractivity contribution in [2.75, 3.05) is 19.6 Å². The summed E-state index contributed by atoms with van der Waals surface area (Å²) >= 11 is 7.09. The van der Waals surface area contributed by atoms with Gasteiger partial charge in [0.2, 0.25) is 0 Å². The molecule has 2 saturated heterocycles. The molecule has 4 fully saturated rings. The highest BCUT2D eigenvalue weighted by Crippen LogP contribution is 2.49. The largest absolute Gasteiger partial charge is 0.456 e. The Kier molecular flexibility index (Phi) is 8.05. The van der Waals surface area contributed by atoms with Crippen molar-refractivity contribution in [2.24, 2.45) is 11.8 Å². The second-order valence-electron chi connectivity index (χ2n) is 11.5. The Balaban J connectivity index is 1.18. The molecule has 2 aromatic rings. The first-order valence-electron chi connectivity index (χ1n) is 14.4. The number of rotatable bonds is 9. The molecule has 2 aliphatic carbocycles. The van der Waals surface area contributed by atoms with Crippen LogP contribution in [-0.2, 0) is 11.2 Å². The first kappa shape index (κ1) is 26.3. The van der Waals surface area contributed by atoms with E-state index in [9.17, 15) is 9.18 Å². The van der Waals surface area contributed by atoms with Crippen LogP contribution in [0.15, 0.2) is 39.7 Å². The second-order valence-corrected chi connectivity index (χ2v) is 13.2. The lowest BCUT2D eigenvalue weighted by atomic mass is 9.94. The normalized spacial score (nSPS) is 26.8. The van der Waals surface area contributed by atoms with Crippen LogP contribution in [-0.4, -0.2) is 45.7 Å². The van der Waals surface area contributed by atoms with Crippen molar-refractivity contribution in [1.29, 1.82) is 0 Å². The molecule has 3 unspecified atom stereocenters. The van der Waals surface area contributed by atoms with Gasteiger partial charge in [-0.15, -0.1) is 0 Å². The van der Waals surface area contributed by atoms with Crippen molar-refractivity contribution < 1.29 is 13.6 Å². The fraction of sp³-hybridized carbons (Fsp3) is 0.548. The lowest BCUT2D eigenvalue weighted by Crippen LogP contribution is -2.41. The van der Waals surface area contributed by atoms with E-state index in [0.717, 1.165) is 37.2 Å². The Morgan fingerprint density at radius 2 is 1.95 bits per heavy atom. The van der Waals surface area contributed by atoms with Crippen molar-refractivity contribution in [3.63, 3.8) is 0 Å². The third-order valence-electron chi connectivity index (χ3n) is 8.94. The van der Waals surface area contributed by atoms with E-state index in [1.165, 1.54) is 88.5 Å². The van der Waals surface area contributed by atoms with E-state index < -0.39 is 0 Å². The molecule has 0 N–H and O–H groups in total. The maximum atomic E-state index is 14.0. The molecule has 4 nitrogen and oxygen atoms in total. The van der Waals surface area contributed by atoms with Crippen LogP contribution in [0.25, 0.3) is 17.4 Å². The van der Waals surface area contributed by atoms with Gasteiger partial charge in [0.05, 0.1) is 4.91 Å². The second kappa shape index (κ2) is 11.6. The van der Waals surface area contributed by atoms with Gasteiger partial charge in [0.15, 0.2) is 0 Å². The molecule has 38 heavy (non-hydrogen) atoms. The first-order valence-corrected chi connectivity index (χ1v) is 15.7. The number of fused-ring (bicyclic) bond motifs is 2. The average molecular weight is 553 g/mol. The number of nitrogens with zero attached hydrogens (tertiary/aromatic N) is 2. The number of halogens is 1. The molecule has 202 valence electrons. The fourth-order valence-corrected chi connectivity index (χ4v) is 8.31. The zero-order chi connectivity index (χ0) is 26.1. The van der Waals surface area contributed by atoms with Gasteiger partial charge in [0, 0.05) is 17.7 Å². The SMILES string of the molecule is O=C1/C(=C/c2oc(-c3cccc(F)c3)cc2CCCCCN2CCCCC2)SC(=S)N1C1CC2CCC1C2. The standard InChI is InChI=1S/C31H37FN2O2S2/c32-25-10-7-9-23(18-25)27-19-24(8-3-1-4-13-33-14-5-2-6-15-33)28(36-27)20-29-30(35)34(31(37)38-29)26-17-21-11-12-22(26)16-21/h7,9-10,18-22,26H,1-6,8,11-17H2/b29-20-. The van der Waals surface area contributed by atoms with Crippen molar-refractivity contribution in [3.8, 4) is 11.3 Å². The van der Waals surface area contributed by atoms with Crippen LogP contribution in [0.4, 0.5) is 4.39 Å². The Hall–Kier alpha value is -1.96. The lowest BCUT2D eigenvalue weighted by Gasteiger charge is -2.30. The molecule has 7 heteroatoms. The van der Waals surface area contributed by atoms with Gasteiger partial charge in [-0.2, -0.15) is 0 Å². The number of amides is 1. The maximum Gasteiger partial charge on any atom is 0.266 e. The first-order chi connectivity index (χ1) is 18.5. The highest BCUT2D eigenvalue weighted by Gasteiger charge is 2.48. The third-order valence-corrected chi connectivity index (χ3v) is 10.3. The van der Waals surface area contributed by atoms with E-state index in [1.807, 2.05) is 23.1 Å². The zero-order valence-corrected chi connectivity index (χ0v) is 23.6. The van der Waals surface area contributed by atoms with Gasteiger partial charge in [0.1, 0.15) is 21.7 Å². The Morgan fingerprint density at radius 1 is 1.08 bits per heavy atom. The van der Waals surface area contributed by atoms with E-state index in [4.69, 9.17) is 16.6 Å². The van der Waals surface area contributed by atoms with E-state index in [2.05, 4.69) is 4.90 Å². The number of carbonyl (C=O) groups excluding carboxylic acids is 1. The molecule has 1 aromatic heterocycles. The van der Waals surface area contributed by atoms with Gasteiger partial charge in [-0.1, -0.05) is 55.4 Å². The molecule has 0 radical (unpaired) electrons. The number of thioether (sulfide) groups is 1. The van der Waals surface area contributed by atoms with Crippen molar-refractivity contribution in [2.45, 2.75) is 76.7 Å². The van der Waals surface area contributed by atoms with Crippen LogP contribution in [0.2, 0.25) is 0 Å². The Bertz CT molecular complexity index is 1220. The summed E-state index contributed by atoms with van der Waals surface area (Å²) in [6.07, 6.45) is 15.0. The van der Waals surface area contributed by atoms with E-state index in [1.54, 1.807) is 6.07 Å². The smallest absolute Gasteiger partial charge is 0.266 e.